The first-order valence-corrected chi connectivity index (χ1v) is 6.64. The molecule has 0 bridgehead atoms. The van der Waals surface area contributed by atoms with Crippen molar-refractivity contribution in [1.29, 1.82) is 0 Å². The van der Waals surface area contributed by atoms with Crippen LogP contribution in [-0.2, 0) is 6.42 Å². The van der Waals surface area contributed by atoms with Gasteiger partial charge in [-0.05, 0) is 26.0 Å². The minimum atomic E-state index is 0.0230. The fourth-order valence-electron chi connectivity index (χ4n) is 2.34. The van der Waals surface area contributed by atoms with Crippen LogP contribution in [0, 0.1) is 0 Å². The van der Waals surface area contributed by atoms with Crippen LogP contribution in [0.3, 0.4) is 0 Å². The topological polar surface area (TPSA) is 36.3 Å². The smallest absolute Gasteiger partial charge is 0.161 e. The van der Waals surface area contributed by atoms with Gasteiger partial charge in [0.1, 0.15) is 18.5 Å². The van der Waals surface area contributed by atoms with Crippen LogP contribution in [0.1, 0.15) is 25.7 Å². The summed E-state index contributed by atoms with van der Waals surface area (Å²) in [6.45, 7) is 4.87. The zero-order chi connectivity index (χ0) is 13.2. The second-order valence-electron chi connectivity index (χ2n) is 5.05. The van der Waals surface area contributed by atoms with Crippen molar-refractivity contribution in [3.8, 4) is 11.5 Å². The highest BCUT2D eigenvalue weighted by molar-refractivity contribution is 5.40. The third-order valence-corrected chi connectivity index (χ3v) is 3.28. The maximum absolute atomic E-state index is 5.96. The molecule has 0 unspecified atom stereocenters. The number of ether oxygens (including phenoxy) is 2. The Morgan fingerprint density at radius 3 is 2.89 bits per heavy atom. The first-order chi connectivity index (χ1) is 9.24. The van der Waals surface area contributed by atoms with Crippen LogP contribution in [0.4, 0.5) is 0 Å². The SMILES string of the molecule is CC(C)n1ccnc1C[C@@H]1COc2ccccc2O1. The molecular formula is C15H18N2O2. The monoisotopic (exact) mass is 258 g/mol. The molecule has 100 valence electrons. The summed E-state index contributed by atoms with van der Waals surface area (Å²) >= 11 is 0. The van der Waals surface area contributed by atoms with Gasteiger partial charge in [0.15, 0.2) is 11.5 Å². The molecule has 0 spiro atoms. The van der Waals surface area contributed by atoms with E-state index in [1.807, 2.05) is 36.7 Å². The minimum Gasteiger partial charge on any atom is -0.486 e. The van der Waals surface area contributed by atoms with Gasteiger partial charge in [0.05, 0.1) is 0 Å². The molecule has 1 atom stereocenters. The molecule has 0 aliphatic carbocycles. The Morgan fingerprint density at radius 2 is 2.11 bits per heavy atom. The van der Waals surface area contributed by atoms with Crippen LogP contribution in [-0.4, -0.2) is 22.3 Å². The Bertz CT molecular complexity index is 563. The molecule has 0 amide bonds. The molecule has 1 aromatic carbocycles. The van der Waals surface area contributed by atoms with E-state index in [2.05, 4.69) is 23.4 Å². The number of rotatable bonds is 3. The summed E-state index contributed by atoms with van der Waals surface area (Å²) in [5.74, 6) is 2.69. The number of nitrogens with zero attached hydrogens (tertiary/aromatic N) is 2. The van der Waals surface area contributed by atoms with Gasteiger partial charge >= 0.3 is 0 Å². The lowest BCUT2D eigenvalue weighted by Gasteiger charge is -2.26. The van der Waals surface area contributed by atoms with Gasteiger partial charge < -0.3 is 14.0 Å². The van der Waals surface area contributed by atoms with E-state index < -0.39 is 0 Å². The predicted molar refractivity (Wildman–Crippen MR) is 72.7 cm³/mol. The van der Waals surface area contributed by atoms with Gasteiger partial charge in [0.25, 0.3) is 0 Å². The number of imidazole rings is 1. The number of hydrogen-bond donors (Lipinski definition) is 0. The van der Waals surface area contributed by atoms with Crippen LogP contribution >= 0.6 is 0 Å². The Balaban J connectivity index is 1.74. The van der Waals surface area contributed by atoms with E-state index in [9.17, 15) is 0 Å². The summed E-state index contributed by atoms with van der Waals surface area (Å²) in [4.78, 5) is 4.41. The van der Waals surface area contributed by atoms with Gasteiger partial charge in [0, 0.05) is 24.9 Å². The van der Waals surface area contributed by atoms with Gasteiger partial charge in [-0.2, -0.15) is 0 Å². The normalized spacial score (nSPS) is 17.7. The van der Waals surface area contributed by atoms with Crippen molar-refractivity contribution >= 4 is 0 Å². The van der Waals surface area contributed by atoms with Gasteiger partial charge in [-0.15, -0.1) is 0 Å². The van der Waals surface area contributed by atoms with E-state index in [0.717, 1.165) is 23.7 Å². The number of para-hydroxylation sites is 2. The lowest BCUT2D eigenvalue weighted by atomic mass is 10.2. The zero-order valence-electron chi connectivity index (χ0n) is 11.2. The maximum atomic E-state index is 5.96. The lowest BCUT2D eigenvalue weighted by Crippen LogP contribution is -2.32. The number of benzene rings is 1. The Labute approximate surface area is 113 Å². The predicted octanol–water partition coefficient (Wildman–Crippen LogP) is 2.85. The first kappa shape index (κ1) is 12.1. The first-order valence-electron chi connectivity index (χ1n) is 6.64. The maximum Gasteiger partial charge on any atom is 0.161 e. The molecule has 1 aliphatic heterocycles. The number of hydrogen-bond acceptors (Lipinski definition) is 3. The van der Waals surface area contributed by atoms with Crippen LogP contribution in [0.25, 0.3) is 0 Å². The van der Waals surface area contributed by atoms with Crippen molar-refractivity contribution < 1.29 is 9.47 Å². The molecule has 2 aromatic rings. The fraction of sp³-hybridized carbons (Fsp3) is 0.400. The summed E-state index contributed by atoms with van der Waals surface area (Å²) < 4.78 is 13.9. The molecular weight excluding hydrogens is 240 g/mol. The largest absolute Gasteiger partial charge is 0.486 e. The van der Waals surface area contributed by atoms with E-state index >= 15 is 0 Å². The molecule has 0 saturated carbocycles. The van der Waals surface area contributed by atoms with Crippen LogP contribution in [0.2, 0.25) is 0 Å². The minimum absolute atomic E-state index is 0.0230. The molecule has 0 radical (unpaired) electrons. The fourth-order valence-corrected chi connectivity index (χ4v) is 2.34. The van der Waals surface area contributed by atoms with E-state index in [4.69, 9.17) is 9.47 Å². The van der Waals surface area contributed by atoms with Crippen molar-refractivity contribution in [3.05, 3.63) is 42.5 Å². The Morgan fingerprint density at radius 1 is 1.32 bits per heavy atom. The van der Waals surface area contributed by atoms with E-state index in [0.29, 0.717) is 12.6 Å². The number of aromatic nitrogens is 2. The standard InChI is InChI=1S/C15H18N2O2/c1-11(2)17-8-7-16-15(17)9-12-10-18-13-5-3-4-6-14(13)19-12/h3-8,11-12H,9-10H2,1-2H3/t12-/m1/s1. The molecule has 0 fully saturated rings. The lowest BCUT2D eigenvalue weighted by molar-refractivity contribution is 0.0890. The summed E-state index contributed by atoms with van der Waals surface area (Å²) in [6, 6.07) is 8.19. The van der Waals surface area contributed by atoms with Gasteiger partial charge in [-0.25, -0.2) is 4.98 Å². The Kier molecular flexibility index (Phi) is 3.15. The molecule has 4 nitrogen and oxygen atoms in total. The summed E-state index contributed by atoms with van der Waals surface area (Å²) in [5, 5.41) is 0. The molecule has 3 rings (SSSR count). The van der Waals surface area contributed by atoms with Crippen LogP contribution in [0.5, 0.6) is 11.5 Å². The van der Waals surface area contributed by atoms with Crippen LogP contribution in [0.15, 0.2) is 36.7 Å². The molecule has 0 N–H and O–H groups in total. The summed E-state index contributed by atoms with van der Waals surface area (Å²) in [5.41, 5.74) is 0. The van der Waals surface area contributed by atoms with Crippen molar-refractivity contribution in [2.45, 2.75) is 32.4 Å². The highest BCUT2D eigenvalue weighted by Gasteiger charge is 2.22. The van der Waals surface area contributed by atoms with Crippen molar-refractivity contribution in [1.82, 2.24) is 9.55 Å². The average Bonchev–Trinajstić information content (AvgIpc) is 2.87. The van der Waals surface area contributed by atoms with Gasteiger partial charge in [-0.1, -0.05) is 12.1 Å². The third kappa shape index (κ3) is 2.43. The highest BCUT2D eigenvalue weighted by Crippen LogP contribution is 2.31. The average molecular weight is 258 g/mol. The van der Waals surface area contributed by atoms with E-state index in [-0.39, 0.29) is 6.10 Å². The molecule has 2 heterocycles. The highest BCUT2D eigenvalue weighted by atomic mass is 16.6. The second kappa shape index (κ2) is 4.96. The molecule has 0 saturated heterocycles. The summed E-state index contributed by atoms with van der Waals surface area (Å²) in [7, 11) is 0. The third-order valence-electron chi connectivity index (χ3n) is 3.28. The summed E-state index contributed by atoms with van der Waals surface area (Å²) in [6.07, 6.45) is 4.64. The van der Waals surface area contributed by atoms with Crippen molar-refractivity contribution in [3.63, 3.8) is 0 Å². The van der Waals surface area contributed by atoms with Gasteiger partial charge in [-0.3, -0.25) is 0 Å². The molecule has 4 heteroatoms. The van der Waals surface area contributed by atoms with Crippen molar-refractivity contribution in [2.24, 2.45) is 0 Å². The Hall–Kier alpha value is -1.97. The number of fused-ring (bicyclic) bond motifs is 1. The van der Waals surface area contributed by atoms with E-state index in [1.54, 1.807) is 0 Å². The van der Waals surface area contributed by atoms with Crippen molar-refractivity contribution in [2.75, 3.05) is 6.61 Å². The van der Waals surface area contributed by atoms with Crippen LogP contribution < -0.4 is 9.47 Å². The van der Waals surface area contributed by atoms with Gasteiger partial charge in [0.2, 0.25) is 0 Å². The molecule has 19 heavy (non-hydrogen) atoms. The second-order valence-corrected chi connectivity index (χ2v) is 5.05. The molecule has 1 aromatic heterocycles. The van der Waals surface area contributed by atoms with E-state index in [1.165, 1.54) is 0 Å². The zero-order valence-corrected chi connectivity index (χ0v) is 11.2. The quantitative estimate of drug-likeness (QED) is 0.849. The molecule has 1 aliphatic rings.